The van der Waals surface area contributed by atoms with Crippen molar-refractivity contribution in [1.82, 2.24) is 0 Å². The molecule has 11 nitrogen and oxygen atoms in total. The van der Waals surface area contributed by atoms with E-state index < -0.39 is 49.2 Å². The van der Waals surface area contributed by atoms with Crippen molar-refractivity contribution < 1.29 is 54.4 Å². The highest BCUT2D eigenvalue weighted by atomic mass is 16.7. The first-order valence-corrected chi connectivity index (χ1v) is 10.1. The van der Waals surface area contributed by atoms with Crippen LogP contribution in [0.15, 0.2) is 30.3 Å². The third kappa shape index (κ3) is 4.28. The summed E-state index contributed by atoms with van der Waals surface area (Å²) >= 11 is 0. The number of carbonyl (C=O) groups excluding carboxylic acids is 1. The van der Waals surface area contributed by atoms with E-state index in [0.717, 1.165) is 6.07 Å². The predicted molar refractivity (Wildman–Crippen MR) is 109 cm³/mol. The minimum absolute atomic E-state index is 0.0166. The van der Waals surface area contributed by atoms with Crippen LogP contribution in [0.3, 0.4) is 0 Å². The second kappa shape index (κ2) is 9.04. The van der Waals surface area contributed by atoms with Crippen LogP contribution in [0.25, 0.3) is 0 Å². The molecule has 0 aromatic heterocycles. The number of hydrogen-bond donors (Lipinski definition) is 6. The van der Waals surface area contributed by atoms with Gasteiger partial charge in [0.1, 0.15) is 53.3 Å². The van der Waals surface area contributed by atoms with Gasteiger partial charge in [0, 0.05) is 12.1 Å². The van der Waals surface area contributed by atoms with E-state index >= 15 is 0 Å². The zero-order valence-electron chi connectivity index (χ0n) is 17.5. The van der Waals surface area contributed by atoms with E-state index in [4.69, 9.17) is 18.9 Å². The first-order valence-electron chi connectivity index (χ1n) is 10.1. The molecule has 1 fully saturated rings. The van der Waals surface area contributed by atoms with Gasteiger partial charge in [-0.2, -0.15) is 0 Å². The number of ether oxygens (including phenoxy) is 4. The molecule has 0 radical (unpaired) electrons. The van der Waals surface area contributed by atoms with Crippen molar-refractivity contribution in [2.45, 2.75) is 43.2 Å². The van der Waals surface area contributed by atoms with Crippen molar-refractivity contribution in [3.63, 3.8) is 0 Å². The smallest absolute Gasteiger partial charge is 0.229 e. The molecule has 1 saturated heterocycles. The van der Waals surface area contributed by atoms with E-state index in [-0.39, 0.29) is 40.8 Å². The molecule has 2 aromatic carbocycles. The molecule has 2 aliphatic heterocycles. The Morgan fingerprint density at radius 1 is 1.03 bits per heavy atom. The molecule has 0 amide bonds. The van der Waals surface area contributed by atoms with E-state index in [1.165, 1.54) is 25.3 Å². The van der Waals surface area contributed by atoms with Gasteiger partial charge in [-0.15, -0.1) is 0 Å². The second-order valence-electron chi connectivity index (χ2n) is 7.80. The van der Waals surface area contributed by atoms with Crippen LogP contribution in [-0.4, -0.2) is 80.8 Å². The fourth-order valence-corrected chi connectivity index (χ4v) is 3.86. The number of aliphatic hydroxyl groups is 4. The summed E-state index contributed by atoms with van der Waals surface area (Å²) in [6.45, 7) is -0.629. The van der Waals surface area contributed by atoms with E-state index in [9.17, 15) is 35.4 Å². The van der Waals surface area contributed by atoms with Gasteiger partial charge in [0.15, 0.2) is 17.3 Å². The van der Waals surface area contributed by atoms with Crippen LogP contribution < -0.4 is 14.2 Å². The molecule has 0 unspecified atom stereocenters. The van der Waals surface area contributed by atoms with Gasteiger partial charge in [0.05, 0.1) is 20.1 Å². The number of carbonyl (C=O) groups is 1. The molecule has 6 atom stereocenters. The molecule has 2 aliphatic rings. The number of benzene rings is 2. The normalized spacial score (nSPS) is 29.2. The Morgan fingerprint density at radius 3 is 2.48 bits per heavy atom. The lowest BCUT2D eigenvalue weighted by atomic mass is 9.95. The van der Waals surface area contributed by atoms with Gasteiger partial charge in [-0.1, -0.05) is 6.07 Å². The Kier molecular flexibility index (Phi) is 6.32. The molecule has 0 bridgehead atoms. The second-order valence-corrected chi connectivity index (χ2v) is 7.80. The number of aliphatic hydroxyl groups excluding tert-OH is 4. The highest BCUT2D eigenvalue weighted by Crippen LogP contribution is 2.43. The first-order chi connectivity index (χ1) is 15.7. The SMILES string of the molecule is COc1cc([C@H]2CC(=O)c3c(O)cc(O[C@@H]4O[C@H](CO)[C@@H](O)[C@H](O)[C@H]4O)cc3O2)ccc1O. The Hall–Kier alpha value is -3.09. The van der Waals surface area contributed by atoms with Crippen LogP contribution in [-0.2, 0) is 4.74 Å². The van der Waals surface area contributed by atoms with Crippen molar-refractivity contribution in [3.05, 3.63) is 41.5 Å². The largest absolute Gasteiger partial charge is 0.507 e. The average Bonchev–Trinajstić information content (AvgIpc) is 2.79. The third-order valence-corrected chi connectivity index (χ3v) is 5.65. The standard InChI is InChI=1S/C22H24O11/c1-30-15-4-9(2-3-11(15)24)14-7-13(26)18-12(25)5-10(6-16(18)32-14)31-22-21(29)20(28)19(27)17(8-23)33-22/h2-6,14,17,19-25,27-29H,7-8H2,1H3/t14-,17-,19-,20+,21-,22-/m1/s1. The number of Topliss-reactive ketones (excluding diaryl/α,β-unsaturated/α-hetero) is 1. The lowest BCUT2D eigenvalue weighted by Crippen LogP contribution is -2.60. The number of ketones is 1. The molecule has 0 aliphatic carbocycles. The summed E-state index contributed by atoms with van der Waals surface area (Å²) in [5, 5.41) is 59.5. The molecular weight excluding hydrogens is 440 g/mol. The lowest BCUT2D eigenvalue weighted by Gasteiger charge is -2.39. The van der Waals surface area contributed by atoms with Crippen molar-refractivity contribution in [2.75, 3.05) is 13.7 Å². The van der Waals surface area contributed by atoms with Crippen LogP contribution in [0, 0.1) is 0 Å². The molecule has 0 saturated carbocycles. The Morgan fingerprint density at radius 2 is 1.79 bits per heavy atom. The number of phenols is 2. The molecule has 2 aromatic rings. The number of fused-ring (bicyclic) bond motifs is 1. The third-order valence-electron chi connectivity index (χ3n) is 5.65. The summed E-state index contributed by atoms with van der Waals surface area (Å²) in [6.07, 6.45) is -8.30. The van der Waals surface area contributed by atoms with Gasteiger partial charge < -0.3 is 49.6 Å². The van der Waals surface area contributed by atoms with E-state index in [1.807, 2.05) is 0 Å². The van der Waals surface area contributed by atoms with Crippen molar-refractivity contribution in [3.8, 4) is 28.7 Å². The summed E-state index contributed by atoms with van der Waals surface area (Å²) in [5.41, 5.74) is 0.515. The predicted octanol–water partition coefficient (Wildman–Crippen LogP) is -0.00840. The first kappa shape index (κ1) is 23.1. The maximum atomic E-state index is 12.7. The number of phenolic OH excluding ortho intramolecular Hbond substituents is 2. The summed E-state index contributed by atoms with van der Waals surface area (Å²) in [5.74, 6) is -0.701. The average molecular weight is 464 g/mol. The molecule has 2 heterocycles. The number of rotatable bonds is 5. The summed E-state index contributed by atoms with van der Waals surface area (Å²) in [7, 11) is 1.39. The molecule has 11 heteroatoms. The quantitative estimate of drug-likeness (QED) is 0.351. The lowest BCUT2D eigenvalue weighted by molar-refractivity contribution is -0.277. The maximum Gasteiger partial charge on any atom is 0.229 e. The molecule has 0 spiro atoms. The van der Waals surface area contributed by atoms with Gasteiger partial charge in [-0.05, 0) is 17.7 Å². The number of aromatic hydroxyl groups is 2. The van der Waals surface area contributed by atoms with Gasteiger partial charge in [-0.25, -0.2) is 0 Å². The molecule has 178 valence electrons. The number of hydrogen-bond acceptors (Lipinski definition) is 11. The topological polar surface area (TPSA) is 175 Å². The van der Waals surface area contributed by atoms with Gasteiger partial charge in [0.2, 0.25) is 6.29 Å². The van der Waals surface area contributed by atoms with Crippen molar-refractivity contribution in [1.29, 1.82) is 0 Å². The van der Waals surface area contributed by atoms with Gasteiger partial charge in [0.25, 0.3) is 0 Å². The van der Waals surface area contributed by atoms with Crippen molar-refractivity contribution >= 4 is 5.78 Å². The van der Waals surface area contributed by atoms with Crippen LogP contribution in [0.4, 0.5) is 0 Å². The zero-order valence-corrected chi connectivity index (χ0v) is 17.5. The molecule has 33 heavy (non-hydrogen) atoms. The van der Waals surface area contributed by atoms with E-state index in [1.54, 1.807) is 6.07 Å². The van der Waals surface area contributed by atoms with Crippen LogP contribution in [0.5, 0.6) is 28.7 Å². The Labute approximate surface area is 188 Å². The highest BCUT2D eigenvalue weighted by molar-refractivity contribution is 6.02. The van der Waals surface area contributed by atoms with Gasteiger partial charge in [-0.3, -0.25) is 4.79 Å². The monoisotopic (exact) mass is 464 g/mol. The fraction of sp³-hybridized carbons (Fsp3) is 0.409. The van der Waals surface area contributed by atoms with E-state index in [2.05, 4.69) is 0 Å². The summed E-state index contributed by atoms with van der Waals surface area (Å²) < 4.78 is 21.9. The van der Waals surface area contributed by atoms with Crippen LogP contribution in [0.2, 0.25) is 0 Å². The maximum absolute atomic E-state index is 12.7. The minimum Gasteiger partial charge on any atom is -0.507 e. The highest BCUT2D eigenvalue weighted by Gasteiger charge is 2.45. The summed E-state index contributed by atoms with van der Waals surface area (Å²) in [6, 6.07) is 6.97. The molecule has 4 rings (SSSR count). The van der Waals surface area contributed by atoms with Gasteiger partial charge >= 0.3 is 0 Å². The minimum atomic E-state index is -1.65. The molecular formula is C22H24O11. The fourth-order valence-electron chi connectivity index (χ4n) is 3.86. The zero-order chi connectivity index (χ0) is 23.9. The summed E-state index contributed by atoms with van der Waals surface area (Å²) in [4.78, 5) is 12.7. The number of methoxy groups -OCH3 is 1. The Balaban J connectivity index is 1.60. The van der Waals surface area contributed by atoms with E-state index in [0.29, 0.717) is 5.56 Å². The molecule has 6 N–H and O–H groups in total. The van der Waals surface area contributed by atoms with Crippen LogP contribution >= 0.6 is 0 Å². The van der Waals surface area contributed by atoms with Crippen molar-refractivity contribution in [2.24, 2.45) is 0 Å². The van der Waals surface area contributed by atoms with Crippen LogP contribution in [0.1, 0.15) is 28.4 Å². The Bertz CT molecular complexity index is 1040.